The molecule has 0 bridgehead atoms. The van der Waals surface area contributed by atoms with Crippen LogP contribution in [0.1, 0.15) is 37.9 Å². The zero-order valence-electron chi connectivity index (χ0n) is 24.7. The third kappa shape index (κ3) is 5.49. The Hall–Kier alpha value is -4.88. The van der Waals surface area contributed by atoms with E-state index in [1.165, 1.54) is 31.3 Å². The largest absolute Gasteiger partial charge is 0.507 e. The van der Waals surface area contributed by atoms with Gasteiger partial charge in [-0.15, -0.1) is 0 Å². The first-order valence-corrected chi connectivity index (χ1v) is 14.0. The van der Waals surface area contributed by atoms with E-state index in [0.717, 1.165) is 29.7 Å². The van der Waals surface area contributed by atoms with Crippen molar-refractivity contribution in [1.82, 2.24) is 24.4 Å². The van der Waals surface area contributed by atoms with E-state index >= 15 is 4.39 Å². The van der Waals surface area contributed by atoms with Gasteiger partial charge in [0.05, 0.1) is 28.2 Å². The summed E-state index contributed by atoms with van der Waals surface area (Å²) < 4.78 is 73.6. The van der Waals surface area contributed by atoms with E-state index in [2.05, 4.69) is 21.5 Å². The number of carbonyl (C=O) groups excluding carboxylic acids is 1. The molecule has 1 aliphatic rings. The third-order valence-electron chi connectivity index (χ3n) is 8.02. The summed E-state index contributed by atoms with van der Waals surface area (Å²) in [7, 11) is 0. The number of halogens is 5. The van der Waals surface area contributed by atoms with E-state index in [1.807, 2.05) is 0 Å². The van der Waals surface area contributed by atoms with Crippen LogP contribution in [0.5, 0.6) is 5.75 Å². The van der Waals surface area contributed by atoms with Crippen LogP contribution in [0.25, 0.3) is 28.0 Å². The van der Waals surface area contributed by atoms with Gasteiger partial charge in [-0.25, -0.2) is 23.1 Å². The van der Waals surface area contributed by atoms with Crippen molar-refractivity contribution in [1.29, 1.82) is 0 Å². The minimum absolute atomic E-state index is 0.0287. The lowest BCUT2D eigenvalue weighted by Crippen LogP contribution is -2.58. The van der Waals surface area contributed by atoms with E-state index in [0.29, 0.717) is 0 Å². The van der Waals surface area contributed by atoms with Gasteiger partial charge < -0.3 is 14.9 Å². The van der Waals surface area contributed by atoms with Crippen LogP contribution in [0.15, 0.2) is 54.0 Å². The molecule has 45 heavy (non-hydrogen) atoms. The van der Waals surface area contributed by atoms with Gasteiger partial charge in [0.2, 0.25) is 5.91 Å². The fourth-order valence-corrected chi connectivity index (χ4v) is 5.63. The number of alkyl halides is 3. The molecule has 4 aromatic rings. The molecular weight excluding hydrogens is 599 g/mol. The highest BCUT2D eigenvalue weighted by molar-refractivity contribution is 5.91. The number of aromatic hydroxyl groups is 1. The van der Waals surface area contributed by atoms with Crippen LogP contribution in [0.3, 0.4) is 0 Å². The highest BCUT2D eigenvalue weighted by atomic mass is 19.4. The van der Waals surface area contributed by atoms with Gasteiger partial charge in [0.1, 0.15) is 23.1 Å². The van der Waals surface area contributed by atoms with Crippen molar-refractivity contribution in [2.75, 3.05) is 18.0 Å². The SMILES string of the molecule is C=CC(=O)N1C[C@H](C)N(c2nc(=O)n(-c3c(C)ccnc3C(C)C(F)(F)F)c3nc(-c4c(O)cccc4F)c(F)cc23)C[C@H]1C. The van der Waals surface area contributed by atoms with Crippen molar-refractivity contribution in [2.45, 2.75) is 51.9 Å². The number of rotatable bonds is 5. The number of anilines is 1. The summed E-state index contributed by atoms with van der Waals surface area (Å²) in [5, 5.41) is 10.4. The van der Waals surface area contributed by atoms with Crippen molar-refractivity contribution in [3.05, 3.63) is 82.6 Å². The molecule has 1 unspecified atom stereocenters. The summed E-state index contributed by atoms with van der Waals surface area (Å²) in [6.07, 6.45) is -2.38. The number of amides is 1. The van der Waals surface area contributed by atoms with E-state index in [-0.39, 0.29) is 47.1 Å². The summed E-state index contributed by atoms with van der Waals surface area (Å²) in [4.78, 5) is 42.1. The van der Waals surface area contributed by atoms with Gasteiger partial charge in [-0.3, -0.25) is 9.78 Å². The van der Waals surface area contributed by atoms with Gasteiger partial charge in [0, 0.05) is 31.4 Å². The maximum Gasteiger partial charge on any atom is 0.397 e. The Morgan fingerprint density at radius 1 is 1.11 bits per heavy atom. The maximum absolute atomic E-state index is 15.9. The smallest absolute Gasteiger partial charge is 0.397 e. The second-order valence-electron chi connectivity index (χ2n) is 11.0. The predicted octanol–water partition coefficient (Wildman–Crippen LogP) is 5.41. The molecule has 3 aromatic heterocycles. The molecule has 236 valence electrons. The summed E-state index contributed by atoms with van der Waals surface area (Å²) in [6.45, 7) is 9.78. The van der Waals surface area contributed by atoms with Crippen molar-refractivity contribution < 1.29 is 31.9 Å². The van der Waals surface area contributed by atoms with Crippen molar-refractivity contribution in [3.63, 3.8) is 0 Å². The first kappa shape index (κ1) is 31.5. The van der Waals surface area contributed by atoms with Crippen molar-refractivity contribution >= 4 is 22.8 Å². The Bertz CT molecular complexity index is 1870. The molecule has 1 aromatic carbocycles. The monoisotopic (exact) mass is 628 g/mol. The van der Waals surface area contributed by atoms with Crippen LogP contribution in [0.2, 0.25) is 0 Å². The maximum atomic E-state index is 15.9. The van der Waals surface area contributed by atoms with Crippen LogP contribution in [0, 0.1) is 18.6 Å². The number of hydrogen-bond acceptors (Lipinski definition) is 7. The quantitative estimate of drug-likeness (QED) is 0.233. The zero-order chi connectivity index (χ0) is 33.0. The Morgan fingerprint density at radius 2 is 1.82 bits per heavy atom. The second-order valence-corrected chi connectivity index (χ2v) is 11.0. The zero-order valence-corrected chi connectivity index (χ0v) is 24.7. The summed E-state index contributed by atoms with van der Waals surface area (Å²) in [5.74, 6) is -5.19. The van der Waals surface area contributed by atoms with Crippen molar-refractivity contribution in [3.8, 4) is 22.7 Å². The number of phenolic OH excluding ortho intramolecular Hbond substituents is 1. The first-order chi connectivity index (χ1) is 21.1. The molecule has 0 radical (unpaired) electrons. The van der Waals surface area contributed by atoms with Crippen LogP contribution in [0.4, 0.5) is 27.8 Å². The molecule has 14 heteroatoms. The number of carbonyl (C=O) groups is 1. The van der Waals surface area contributed by atoms with E-state index in [9.17, 15) is 32.3 Å². The number of fused-ring (bicyclic) bond motifs is 1. The van der Waals surface area contributed by atoms with Gasteiger partial charge in [0.25, 0.3) is 0 Å². The lowest BCUT2D eigenvalue weighted by Gasteiger charge is -2.44. The fraction of sp³-hybridized carbons (Fsp3) is 0.323. The van der Waals surface area contributed by atoms with E-state index < -0.39 is 64.2 Å². The fourth-order valence-electron chi connectivity index (χ4n) is 5.63. The molecule has 1 amide bonds. The molecule has 0 aliphatic carbocycles. The molecule has 0 spiro atoms. The topological polar surface area (TPSA) is 104 Å². The lowest BCUT2D eigenvalue weighted by molar-refractivity contribution is -0.147. The average Bonchev–Trinajstić information content (AvgIpc) is 2.97. The number of benzene rings is 1. The van der Waals surface area contributed by atoms with Gasteiger partial charge >= 0.3 is 11.9 Å². The first-order valence-electron chi connectivity index (χ1n) is 14.0. The van der Waals surface area contributed by atoms with Crippen LogP contribution in [-0.2, 0) is 4.79 Å². The Labute approximate surface area is 254 Å². The molecule has 1 N–H and O–H groups in total. The number of aryl methyl sites for hydroxylation is 1. The molecule has 4 heterocycles. The second kappa shape index (κ2) is 11.6. The van der Waals surface area contributed by atoms with E-state index in [1.54, 1.807) is 23.6 Å². The minimum atomic E-state index is -4.74. The number of phenols is 1. The Balaban J connectivity index is 1.86. The van der Waals surface area contributed by atoms with Gasteiger partial charge in [-0.05, 0) is 63.6 Å². The summed E-state index contributed by atoms with van der Waals surface area (Å²) in [5.41, 5.74) is -3.19. The van der Waals surface area contributed by atoms with Gasteiger partial charge in [-0.2, -0.15) is 18.2 Å². The molecule has 1 aliphatic heterocycles. The predicted molar refractivity (Wildman–Crippen MR) is 157 cm³/mol. The standard InChI is InChI=1S/C31H29F5N6O3/c1-6-23(44)40-13-17(4)41(14-16(40)3)28-19-12-21(33)26(24-20(32)8-7-9-22(24)43)38-29(19)42(30(45)39-28)27-15(2)10-11-37-25(27)18(5)31(34,35)36/h6-12,16-18,43H,1,13-14H2,2-5H3/t16-,17+,18?/m1/s1. The third-order valence-corrected chi connectivity index (χ3v) is 8.02. The van der Waals surface area contributed by atoms with Gasteiger partial charge in [-0.1, -0.05) is 12.6 Å². The highest BCUT2D eigenvalue weighted by Crippen LogP contribution is 2.39. The molecule has 9 nitrogen and oxygen atoms in total. The minimum Gasteiger partial charge on any atom is -0.507 e. The lowest BCUT2D eigenvalue weighted by atomic mass is 10.0. The Kier molecular flexibility index (Phi) is 8.10. The molecule has 3 atom stereocenters. The molecular formula is C31H29F5N6O3. The number of nitrogens with zero attached hydrogens (tertiary/aromatic N) is 6. The molecule has 1 fully saturated rings. The molecule has 5 rings (SSSR count). The van der Waals surface area contributed by atoms with E-state index in [4.69, 9.17) is 0 Å². The van der Waals surface area contributed by atoms with Crippen LogP contribution < -0.4 is 10.6 Å². The number of hydrogen-bond donors (Lipinski definition) is 1. The Morgan fingerprint density at radius 3 is 2.47 bits per heavy atom. The summed E-state index contributed by atoms with van der Waals surface area (Å²) in [6, 6.07) is 4.82. The summed E-state index contributed by atoms with van der Waals surface area (Å²) >= 11 is 0. The van der Waals surface area contributed by atoms with Crippen molar-refractivity contribution in [2.24, 2.45) is 0 Å². The van der Waals surface area contributed by atoms with Gasteiger partial charge in [0.15, 0.2) is 11.5 Å². The average molecular weight is 629 g/mol. The number of pyridine rings is 2. The number of aromatic nitrogens is 4. The van der Waals surface area contributed by atoms with Crippen LogP contribution >= 0.6 is 0 Å². The van der Waals surface area contributed by atoms with Crippen LogP contribution in [-0.4, -0.2) is 66.8 Å². The number of piperazine rings is 1. The molecule has 1 saturated heterocycles. The normalized spacial score (nSPS) is 17.9. The highest BCUT2D eigenvalue weighted by Gasteiger charge is 2.41. The molecule has 0 saturated carbocycles.